The SMILES string of the molecule is O=S(=O)(Nc1cnccc1Cl)c1ccccc1. The maximum Gasteiger partial charge on any atom is 0.261 e. The van der Waals surface area contributed by atoms with Crippen molar-refractivity contribution in [2.75, 3.05) is 4.72 Å². The van der Waals surface area contributed by atoms with E-state index in [-0.39, 0.29) is 10.6 Å². The molecule has 0 saturated carbocycles. The van der Waals surface area contributed by atoms with Gasteiger partial charge in [0.25, 0.3) is 10.0 Å². The number of halogens is 1. The highest BCUT2D eigenvalue weighted by Gasteiger charge is 2.14. The minimum Gasteiger partial charge on any atom is -0.277 e. The number of hydrogen-bond acceptors (Lipinski definition) is 3. The average Bonchev–Trinajstić information content (AvgIpc) is 2.33. The molecule has 0 saturated heterocycles. The van der Waals surface area contributed by atoms with Gasteiger partial charge >= 0.3 is 0 Å². The van der Waals surface area contributed by atoms with Crippen molar-refractivity contribution in [3.05, 3.63) is 53.8 Å². The predicted molar refractivity (Wildman–Crippen MR) is 66.5 cm³/mol. The Bertz CT molecular complexity index is 614. The maximum absolute atomic E-state index is 12.0. The molecular weight excluding hydrogens is 260 g/mol. The summed E-state index contributed by atoms with van der Waals surface area (Å²) in [7, 11) is -3.61. The second-order valence-corrected chi connectivity index (χ2v) is 5.36. The van der Waals surface area contributed by atoms with E-state index in [0.717, 1.165) is 0 Å². The lowest BCUT2D eigenvalue weighted by Gasteiger charge is -2.08. The molecule has 1 aromatic heterocycles. The molecule has 0 aliphatic rings. The lowest BCUT2D eigenvalue weighted by atomic mass is 10.4. The summed E-state index contributed by atoms with van der Waals surface area (Å²) in [5, 5.41) is 0.305. The monoisotopic (exact) mass is 268 g/mol. The zero-order valence-corrected chi connectivity index (χ0v) is 10.2. The number of aromatic nitrogens is 1. The van der Waals surface area contributed by atoms with E-state index >= 15 is 0 Å². The van der Waals surface area contributed by atoms with Crippen molar-refractivity contribution in [2.45, 2.75) is 4.90 Å². The quantitative estimate of drug-likeness (QED) is 0.931. The van der Waals surface area contributed by atoms with Crippen LogP contribution in [0.5, 0.6) is 0 Å². The molecule has 6 heteroatoms. The van der Waals surface area contributed by atoms with Crippen LogP contribution >= 0.6 is 11.6 Å². The molecule has 0 spiro atoms. The number of benzene rings is 1. The Morgan fingerprint density at radius 2 is 1.82 bits per heavy atom. The van der Waals surface area contributed by atoms with E-state index in [2.05, 4.69) is 9.71 Å². The Hall–Kier alpha value is -1.59. The molecule has 4 nitrogen and oxygen atoms in total. The van der Waals surface area contributed by atoms with Crippen LogP contribution < -0.4 is 4.72 Å². The first-order valence-corrected chi connectivity index (χ1v) is 6.63. The lowest BCUT2D eigenvalue weighted by molar-refractivity contribution is 0.601. The second kappa shape index (κ2) is 4.73. The van der Waals surface area contributed by atoms with Crippen LogP contribution in [0.3, 0.4) is 0 Å². The molecule has 0 amide bonds. The Balaban J connectivity index is 2.34. The van der Waals surface area contributed by atoms with Gasteiger partial charge in [0.1, 0.15) is 0 Å². The predicted octanol–water partition coefficient (Wildman–Crippen LogP) is 2.54. The third-order valence-electron chi connectivity index (χ3n) is 2.07. The van der Waals surface area contributed by atoms with Gasteiger partial charge in [-0.1, -0.05) is 29.8 Å². The van der Waals surface area contributed by atoms with Crippen LogP contribution in [0.25, 0.3) is 0 Å². The summed E-state index contributed by atoms with van der Waals surface area (Å²) >= 11 is 5.85. The molecule has 0 bridgehead atoms. The van der Waals surface area contributed by atoms with Gasteiger partial charge < -0.3 is 0 Å². The van der Waals surface area contributed by atoms with Gasteiger partial charge in [0.05, 0.1) is 21.8 Å². The maximum atomic E-state index is 12.0. The average molecular weight is 269 g/mol. The third kappa shape index (κ3) is 2.75. The molecule has 1 N–H and O–H groups in total. The smallest absolute Gasteiger partial charge is 0.261 e. The van der Waals surface area contributed by atoms with Gasteiger partial charge in [0.15, 0.2) is 0 Å². The zero-order valence-electron chi connectivity index (χ0n) is 8.67. The molecular formula is C11H9ClN2O2S. The van der Waals surface area contributed by atoms with Crippen LogP contribution in [0.15, 0.2) is 53.7 Å². The summed E-state index contributed by atoms with van der Waals surface area (Å²) in [6.45, 7) is 0. The summed E-state index contributed by atoms with van der Waals surface area (Å²) in [6.07, 6.45) is 2.85. The number of hydrogen-bond donors (Lipinski definition) is 1. The molecule has 1 aromatic carbocycles. The lowest BCUT2D eigenvalue weighted by Crippen LogP contribution is -2.13. The van der Waals surface area contributed by atoms with Crippen molar-refractivity contribution < 1.29 is 8.42 Å². The van der Waals surface area contributed by atoms with Crippen LogP contribution in [-0.4, -0.2) is 13.4 Å². The van der Waals surface area contributed by atoms with Crippen LogP contribution in [0, 0.1) is 0 Å². The van der Waals surface area contributed by atoms with Crippen molar-refractivity contribution in [3.63, 3.8) is 0 Å². The molecule has 0 atom stereocenters. The van der Waals surface area contributed by atoms with Crippen molar-refractivity contribution >= 4 is 27.3 Å². The number of rotatable bonds is 3. The van der Waals surface area contributed by atoms with Crippen molar-refractivity contribution in [1.82, 2.24) is 4.98 Å². The fourth-order valence-corrected chi connectivity index (χ4v) is 2.55. The minimum atomic E-state index is -3.61. The molecule has 1 heterocycles. The highest BCUT2D eigenvalue weighted by atomic mass is 35.5. The molecule has 2 aromatic rings. The highest BCUT2D eigenvalue weighted by molar-refractivity contribution is 7.92. The number of pyridine rings is 1. The first-order chi connectivity index (χ1) is 8.09. The van der Waals surface area contributed by atoms with Crippen molar-refractivity contribution in [3.8, 4) is 0 Å². The Morgan fingerprint density at radius 3 is 2.47 bits per heavy atom. The van der Waals surface area contributed by atoms with Crippen molar-refractivity contribution in [2.24, 2.45) is 0 Å². The van der Waals surface area contributed by atoms with Gasteiger partial charge in [0.2, 0.25) is 0 Å². The fourth-order valence-electron chi connectivity index (χ4n) is 1.26. The van der Waals surface area contributed by atoms with E-state index < -0.39 is 10.0 Å². The molecule has 88 valence electrons. The second-order valence-electron chi connectivity index (χ2n) is 3.27. The largest absolute Gasteiger partial charge is 0.277 e. The van der Waals surface area contributed by atoms with E-state index in [1.807, 2.05) is 0 Å². The summed E-state index contributed by atoms with van der Waals surface area (Å²) in [5.74, 6) is 0. The van der Waals surface area contributed by atoms with Gasteiger partial charge in [-0.3, -0.25) is 9.71 Å². The van der Waals surface area contributed by atoms with Crippen LogP contribution in [0.1, 0.15) is 0 Å². The molecule has 0 aliphatic carbocycles. The number of anilines is 1. The summed E-state index contributed by atoms with van der Waals surface area (Å²) < 4.78 is 26.3. The van der Waals surface area contributed by atoms with E-state index in [4.69, 9.17) is 11.6 Å². The molecule has 2 rings (SSSR count). The van der Waals surface area contributed by atoms with E-state index in [0.29, 0.717) is 5.02 Å². The highest BCUT2D eigenvalue weighted by Crippen LogP contribution is 2.22. The number of nitrogens with zero attached hydrogens (tertiary/aromatic N) is 1. The normalized spacial score (nSPS) is 11.1. The van der Waals surface area contributed by atoms with Crippen LogP contribution in [-0.2, 0) is 10.0 Å². The van der Waals surface area contributed by atoms with Gasteiger partial charge in [-0.25, -0.2) is 8.42 Å². The molecule has 17 heavy (non-hydrogen) atoms. The van der Waals surface area contributed by atoms with Gasteiger partial charge in [-0.15, -0.1) is 0 Å². The van der Waals surface area contributed by atoms with Gasteiger partial charge in [-0.2, -0.15) is 0 Å². The molecule has 0 radical (unpaired) electrons. The van der Waals surface area contributed by atoms with E-state index in [1.165, 1.54) is 30.6 Å². The van der Waals surface area contributed by atoms with Crippen LogP contribution in [0.2, 0.25) is 5.02 Å². The van der Waals surface area contributed by atoms with E-state index in [1.54, 1.807) is 18.2 Å². The van der Waals surface area contributed by atoms with Crippen molar-refractivity contribution in [1.29, 1.82) is 0 Å². The Kier molecular flexibility index (Phi) is 3.31. The third-order valence-corrected chi connectivity index (χ3v) is 3.78. The van der Waals surface area contributed by atoms with Crippen LogP contribution in [0.4, 0.5) is 5.69 Å². The summed E-state index contributed by atoms with van der Waals surface area (Å²) in [4.78, 5) is 3.99. The van der Waals surface area contributed by atoms with Gasteiger partial charge in [-0.05, 0) is 18.2 Å². The standard InChI is InChI=1S/C11H9ClN2O2S/c12-10-6-7-13-8-11(10)14-17(15,16)9-4-2-1-3-5-9/h1-8,14H. The van der Waals surface area contributed by atoms with Gasteiger partial charge in [0, 0.05) is 6.20 Å². The molecule has 0 unspecified atom stereocenters. The Labute approximate surface area is 104 Å². The first kappa shape index (κ1) is 11.9. The number of nitrogens with one attached hydrogen (secondary N) is 1. The summed E-state index contributed by atoms with van der Waals surface area (Å²) in [5.41, 5.74) is 0.262. The zero-order chi connectivity index (χ0) is 12.3. The Morgan fingerprint density at radius 1 is 1.12 bits per heavy atom. The first-order valence-electron chi connectivity index (χ1n) is 4.77. The number of sulfonamides is 1. The molecule has 0 fully saturated rings. The minimum absolute atomic E-state index is 0.180. The summed E-state index contributed by atoms with van der Waals surface area (Å²) in [6, 6.07) is 9.58. The fraction of sp³-hybridized carbons (Fsp3) is 0. The topological polar surface area (TPSA) is 59.1 Å². The molecule has 0 aliphatic heterocycles. The van der Waals surface area contributed by atoms with E-state index in [9.17, 15) is 8.42 Å².